The number of ether oxygens (including phenoxy) is 1. The fourth-order valence-corrected chi connectivity index (χ4v) is 4.33. The minimum atomic E-state index is -0.567. The van der Waals surface area contributed by atoms with Gasteiger partial charge in [0.15, 0.2) is 5.16 Å². The van der Waals surface area contributed by atoms with E-state index in [1.807, 2.05) is 36.4 Å². The van der Waals surface area contributed by atoms with Crippen LogP contribution in [0.2, 0.25) is 0 Å². The third kappa shape index (κ3) is 5.54. The summed E-state index contributed by atoms with van der Waals surface area (Å²) in [5, 5.41) is 5.93. The molecule has 2 aromatic carbocycles. The van der Waals surface area contributed by atoms with Crippen molar-refractivity contribution in [3.05, 3.63) is 70.5 Å². The molecular weight excluding hydrogens is 428 g/mol. The van der Waals surface area contributed by atoms with Crippen LogP contribution in [-0.2, 0) is 22.6 Å². The van der Waals surface area contributed by atoms with Crippen LogP contribution in [0, 0.1) is 0 Å². The van der Waals surface area contributed by atoms with E-state index in [9.17, 15) is 14.4 Å². The molecule has 1 atom stereocenters. The fraction of sp³-hybridized carbons (Fsp3) is 0.304. The zero-order valence-electron chi connectivity index (χ0n) is 17.5. The van der Waals surface area contributed by atoms with Crippen molar-refractivity contribution in [3.63, 3.8) is 0 Å². The number of hydrogen-bond donors (Lipinski definition) is 2. The Kier molecular flexibility index (Phi) is 7.18. The number of carbonyl (C=O) groups excluding carboxylic acids is 2. The first-order valence-corrected chi connectivity index (χ1v) is 11.4. The number of urea groups is 1. The van der Waals surface area contributed by atoms with Gasteiger partial charge < -0.3 is 10.1 Å². The Labute approximate surface area is 189 Å². The fourth-order valence-electron chi connectivity index (χ4n) is 3.53. The highest BCUT2D eigenvalue weighted by Gasteiger charge is 2.21. The van der Waals surface area contributed by atoms with Crippen LogP contribution in [0.5, 0.6) is 0 Å². The first kappa shape index (κ1) is 22.0. The van der Waals surface area contributed by atoms with Crippen molar-refractivity contribution in [2.75, 3.05) is 12.4 Å². The molecular formula is C23H24N4O4S. The molecule has 1 fully saturated rings. The number of carbonyl (C=O) groups is 2. The highest BCUT2D eigenvalue weighted by molar-refractivity contribution is 7.99. The number of benzene rings is 2. The Balaban J connectivity index is 1.41. The molecule has 3 amide bonds. The SMILES string of the molecule is O=C(CSc1nc2ccccc2c(=O)n1CC1CCCO1)NC(=O)NCc1ccccc1. The molecule has 0 radical (unpaired) electrons. The molecule has 4 rings (SSSR count). The van der Waals surface area contributed by atoms with Gasteiger partial charge in [-0.1, -0.05) is 54.2 Å². The second kappa shape index (κ2) is 10.4. The van der Waals surface area contributed by atoms with Crippen molar-refractivity contribution >= 4 is 34.6 Å². The monoisotopic (exact) mass is 452 g/mol. The van der Waals surface area contributed by atoms with Crippen LogP contribution in [0.1, 0.15) is 18.4 Å². The van der Waals surface area contributed by atoms with Crippen LogP contribution >= 0.6 is 11.8 Å². The third-order valence-corrected chi connectivity index (χ3v) is 6.09. The van der Waals surface area contributed by atoms with E-state index in [4.69, 9.17) is 4.74 Å². The Morgan fingerprint density at radius 1 is 1.12 bits per heavy atom. The van der Waals surface area contributed by atoms with Crippen molar-refractivity contribution in [3.8, 4) is 0 Å². The molecule has 9 heteroatoms. The van der Waals surface area contributed by atoms with Crippen molar-refractivity contribution in [2.45, 2.75) is 37.2 Å². The summed E-state index contributed by atoms with van der Waals surface area (Å²) in [6.07, 6.45) is 1.79. The molecule has 0 saturated carbocycles. The lowest BCUT2D eigenvalue weighted by Crippen LogP contribution is -2.40. The van der Waals surface area contributed by atoms with Gasteiger partial charge in [0.2, 0.25) is 5.91 Å². The maximum atomic E-state index is 13.1. The number of fused-ring (bicyclic) bond motifs is 1. The van der Waals surface area contributed by atoms with Crippen molar-refractivity contribution in [1.29, 1.82) is 0 Å². The molecule has 32 heavy (non-hydrogen) atoms. The first-order valence-electron chi connectivity index (χ1n) is 10.5. The topological polar surface area (TPSA) is 102 Å². The smallest absolute Gasteiger partial charge is 0.321 e. The van der Waals surface area contributed by atoms with Crippen LogP contribution in [-0.4, -0.2) is 40.0 Å². The van der Waals surface area contributed by atoms with E-state index in [2.05, 4.69) is 15.6 Å². The highest BCUT2D eigenvalue weighted by Crippen LogP contribution is 2.20. The third-order valence-electron chi connectivity index (χ3n) is 5.12. The van der Waals surface area contributed by atoms with Gasteiger partial charge in [-0.2, -0.15) is 0 Å². The van der Waals surface area contributed by atoms with Crippen LogP contribution in [0.25, 0.3) is 10.9 Å². The largest absolute Gasteiger partial charge is 0.376 e. The van der Waals surface area contributed by atoms with Gasteiger partial charge >= 0.3 is 6.03 Å². The number of aromatic nitrogens is 2. The quantitative estimate of drug-likeness (QED) is 0.422. The van der Waals surface area contributed by atoms with Gasteiger partial charge in [0.25, 0.3) is 5.56 Å². The predicted octanol–water partition coefficient (Wildman–Crippen LogP) is 2.69. The molecule has 8 nitrogen and oxygen atoms in total. The summed E-state index contributed by atoms with van der Waals surface area (Å²) in [4.78, 5) is 42.0. The number of rotatable bonds is 7. The second-order valence-electron chi connectivity index (χ2n) is 7.47. The van der Waals surface area contributed by atoms with Crippen LogP contribution < -0.4 is 16.2 Å². The van der Waals surface area contributed by atoms with Gasteiger partial charge in [-0.05, 0) is 30.5 Å². The zero-order chi connectivity index (χ0) is 22.3. The number of amides is 3. The average molecular weight is 453 g/mol. The van der Waals surface area contributed by atoms with E-state index in [0.717, 1.165) is 30.2 Å². The number of nitrogens with one attached hydrogen (secondary N) is 2. The second-order valence-corrected chi connectivity index (χ2v) is 8.41. The summed E-state index contributed by atoms with van der Waals surface area (Å²) in [6, 6.07) is 16.0. The molecule has 0 spiro atoms. The van der Waals surface area contributed by atoms with E-state index in [1.165, 1.54) is 0 Å². The van der Waals surface area contributed by atoms with Crippen molar-refractivity contribution in [1.82, 2.24) is 20.2 Å². The number of nitrogens with zero attached hydrogens (tertiary/aromatic N) is 2. The van der Waals surface area contributed by atoms with Gasteiger partial charge in [-0.3, -0.25) is 19.5 Å². The number of imide groups is 1. The summed E-state index contributed by atoms with van der Waals surface area (Å²) in [7, 11) is 0. The molecule has 0 bridgehead atoms. The molecule has 1 aliphatic rings. The average Bonchev–Trinajstić information content (AvgIpc) is 3.32. The predicted molar refractivity (Wildman–Crippen MR) is 123 cm³/mol. The minimum absolute atomic E-state index is 0.0466. The summed E-state index contributed by atoms with van der Waals surface area (Å²) >= 11 is 1.13. The summed E-state index contributed by atoms with van der Waals surface area (Å²) in [5.41, 5.74) is 1.35. The molecule has 3 aromatic rings. The normalized spacial score (nSPS) is 15.6. The van der Waals surface area contributed by atoms with Crippen molar-refractivity contribution in [2.24, 2.45) is 0 Å². The number of hydrogen-bond acceptors (Lipinski definition) is 6. The summed E-state index contributed by atoms with van der Waals surface area (Å²) in [6.45, 7) is 1.39. The molecule has 1 saturated heterocycles. The minimum Gasteiger partial charge on any atom is -0.376 e. The Hall–Kier alpha value is -3.17. The lowest BCUT2D eigenvalue weighted by Gasteiger charge is -2.16. The molecule has 0 aliphatic carbocycles. The number of thioether (sulfide) groups is 1. The lowest BCUT2D eigenvalue weighted by molar-refractivity contribution is -0.117. The van der Waals surface area contributed by atoms with E-state index in [1.54, 1.807) is 22.8 Å². The Bertz CT molecular complexity index is 1160. The van der Waals surface area contributed by atoms with E-state index in [0.29, 0.717) is 35.8 Å². The number of para-hydroxylation sites is 1. The molecule has 166 valence electrons. The standard InChI is InChI=1S/C23H24N4O4S/c28-20(26-22(30)24-13-16-7-2-1-3-8-16)15-32-23-25-19-11-5-4-10-18(19)21(29)27(23)14-17-9-6-12-31-17/h1-5,7-8,10-11,17H,6,9,12-15H2,(H2,24,26,28,30). The van der Waals surface area contributed by atoms with Gasteiger partial charge in [0.1, 0.15) is 0 Å². The van der Waals surface area contributed by atoms with Gasteiger partial charge in [0, 0.05) is 13.2 Å². The molecule has 2 heterocycles. The molecule has 1 unspecified atom stereocenters. The van der Waals surface area contributed by atoms with Gasteiger partial charge in [-0.15, -0.1) is 0 Å². The maximum Gasteiger partial charge on any atom is 0.321 e. The summed E-state index contributed by atoms with van der Waals surface area (Å²) < 4.78 is 7.27. The summed E-state index contributed by atoms with van der Waals surface area (Å²) in [5.74, 6) is -0.513. The highest BCUT2D eigenvalue weighted by atomic mass is 32.2. The van der Waals surface area contributed by atoms with E-state index >= 15 is 0 Å². The van der Waals surface area contributed by atoms with Crippen LogP contribution in [0.15, 0.2) is 64.5 Å². The molecule has 1 aliphatic heterocycles. The van der Waals surface area contributed by atoms with E-state index in [-0.39, 0.29) is 17.4 Å². The van der Waals surface area contributed by atoms with Crippen molar-refractivity contribution < 1.29 is 14.3 Å². The Morgan fingerprint density at radius 2 is 1.91 bits per heavy atom. The maximum absolute atomic E-state index is 13.1. The zero-order valence-corrected chi connectivity index (χ0v) is 18.3. The van der Waals surface area contributed by atoms with E-state index < -0.39 is 11.9 Å². The van der Waals surface area contributed by atoms with Gasteiger partial charge in [0.05, 0.1) is 29.3 Å². The Morgan fingerprint density at radius 3 is 2.69 bits per heavy atom. The van der Waals surface area contributed by atoms with Crippen LogP contribution in [0.3, 0.4) is 0 Å². The van der Waals surface area contributed by atoms with Gasteiger partial charge in [-0.25, -0.2) is 9.78 Å². The first-order chi connectivity index (χ1) is 15.6. The molecule has 1 aromatic heterocycles. The lowest BCUT2D eigenvalue weighted by atomic mass is 10.2. The molecule has 2 N–H and O–H groups in total. The van der Waals surface area contributed by atoms with Crippen LogP contribution in [0.4, 0.5) is 4.79 Å².